The molecule has 0 bridgehead atoms. The van der Waals surface area contributed by atoms with E-state index in [2.05, 4.69) is 9.98 Å². The van der Waals surface area contributed by atoms with E-state index in [1.165, 1.54) is 13.8 Å². The van der Waals surface area contributed by atoms with Crippen molar-refractivity contribution >= 4 is 98.1 Å². The molecule has 11 nitrogen and oxygen atoms in total. The van der Waals surface area contributed by atoms with Gasteiger partial charge in [0.05, 0.1) is 24.6 Å². The van der Waals surface area contributed by atoms with E-state index in [-0.39, 0.29) is 124 Å². The van der Waals surface area contributed by atoms with Crippen molar-refractivity contribution in [2.45, 2.75) is 27.7 Å². The van der Waals surface area contributed by atoms with Crippen LogP contribution in [0, 0.1) is 0 Å². The number of hydrogen-bond donors (Lipinski definition) is 0. The Bertz CT molecular complexity index is 1390. The fourth-order valence-corrected chi connectivity index (χ4v) is 3.87. The number of aliphatic imine (C=N–C) groups is 2. The predicted octanol–water partition coefficient (Wildman–Crippen LogP) is 4.18. The Labute approximate surface area is 285 Å². The van der Waals surface area contributed by atoms with Crippen LogP contribution in [0.5, 0.6) is 0 Å². The minimum Gasteiger partial charge on any atom is -0.469 e. The van der Waals surface area contributed by atoms with Crippen molar-refractivity contribution in [1.82, 2.24) is 0 Å². The largest absolute Gasteiger partial charge is 0.469 e. The summed E-state index contributed by atoms with van der Waals surface area (Å²) in [7, 11) is 0. The van der Waals surface area contributed by atoms with Gasteiger partial charge in [-0.2, -0.15) is 0 Å². The molecule has 0 saturated carbocycles. The first-order valence-electron chi connectivity index (χ1n) is 12.9. The van der Waals surface area contributed by atoms with Crippen LogP contribution >= 0.6 is 0 Å². The molecule has 0 amide bonds. The quantitative estimate of drug-likeness (QED) is 0.224. The van der Waals surface area contributed by atoms with Gasteiger partial charge in [0.25, 0.3) is 0 Å². The predicted molar refractivity (Wildman–Crippen MR) is 153 cm³/mol. The van der Waals surface area contributed by atoms with Gasteiger partial charge in [0, 0.05) is 62.5 Å². The average Bonchev–Trinajstić information content (AvgIpc) is 3.53. The minimum absolute atomic E-state index is 0. The molecule has 0 N–H and O–H groups in total. The summed E-state index contributed by atoms with van der Waals surface area (Å²) in [4.78, 5) is 57.8. The van der Waals surface area contributed by atoms with E-state index < -0.39 is 11.9 Å². The van der Waals surface area contributed by atoms with Crippen molar-refractivity contribution in [3.05, 3.63) is 82.3 Å². The van der Waals surface area contributed by atoms with E-state index in [0.29, 0.717) is 22.5 Å². The third-order valence-corrected chi connectivity index (χ3v) is 5.88. The smallest absolute Gasteiger partial charge is 0.347 e. The molecule has 2 aromatic carbocycles. The molecule has 12 heteroatoms. The average molecular weight is 600 g/mol. The van der Waals surface area contributed by atoms with Crippen LogP contribution in [0.1, 0.15) is 48.4 Å². The fraction of sp³-hybridized carbons (Fsp3) is 0.267. The number of nitrogens with zero attached hydrogens (tertiary/aromatic N) is 2. The molecule has 0 atom stereocenters. The van der Waals surface area contributed by atoms with Gasteiger partial charge < -0.3 is 23.7 Å². The minimum atomic E-state index is -0.726. The van der Waals surface area contributed by atoms with Gasteiger partial charge in [-0.15, -0.1) is 0 Å². The topological polar surface area (TPSA) is 139 Å². The number of hydrogen-bond acceptors (Lipinski definition) is 11. The van der Waals surface area contributed by atoms with Crippen LogP contribution in [0.4, 0.5) is 11.4 Å². The van der Waals surface area contributed by atoms with Crippen molar-refractivity contribution in [2.75, 3.05) is 26.4 Å². The molecular weight excluding hydrogens is 571 g/mol. The summed E-state index contributed by atoms with van der Waals surface area (Å²) in [5, 5.41) is 0. The Morgan fingerprint density at radius 3 is 1.33 bits per heavy atom. The van der Waals surface area contributed by atoms with Crippen LogP contribution in [0.2, 0.25) is 0 Å². The fourth-order valence-electron chi connectivity index (χ4n) is 3.87. The number of rotatable bonds is 10. The van der Waals surface area contributed by atoms with Crippen LogP contribution < -0.4 is 0 Å². The maximum absolute atomic E-state index is 12.9. The van der Waals surface area contributed by atoms with Crippen LogP contribution in [0.25, 0.3) is 0 Å². The summed E-state index contributed by atoms with van der Waals surface area (Å²) in [5.41, 5.74) is 1.80. The van der Waals surface area contributed by atoms with Crippen LogP contribution in [-0.2, 0) is 33.3 Å². The Morgan fingerprint density at radius 2 is 1.02 bits per heavy atom. The number of carbonyl (C=O) groups excluding carboxylic acids is 4. The van der Waals surface area contributed by atoms with E-state index >= 15 is 0 Å². The van der Waals surface area contributed by atoms with E-state index in [9.17, 15) is 19.2 Å². The van der Waals surface area contributed by atoms with Gasteiger partial charge in [-0.25, -0.2) is 19.6 Å². The molecule has 0 unspecified atom stereocenters. The molecule has 2 aliphatic heterocycles. The molecule has 0 spiro atoms. The second kappa shape index (κ2) is 15.2. The van der Waals surface area contributed by atoms with E-state index in [1.54, 1.807) is 62.4 Å². The molecule has 1 radical (unpaired) electrons. The normalized spacial score (nSPS) is 16.1. The van der Waals surface area contributed by atoms with Gasteiger partial charge >= 0.3 is 11.9 Å². The van der Waals surface area contributed by atoms with Crippen molar-refractivity contribution in [3.8, 4) is 0 Å². The van der Waals surface area contributed by atoms with Crippen LogP contribution in [-0.4, -0.2) is 113 Å². The Balaban J connectivity index is 0.00000484. The number of Topliss-reactive ketones (excluding diaryl/α,β-unsaturated/α-hetero) is 2. The van der Waals surface area contributed by atoms with Gasteiger partial charge in [-0.3, -0.25) is 9.59 Å². The standard InChI is InChI=1S/C30H28N2O9.K/c1-5-37-29(35)25-23(15-39-27(25)31-21-11-7-19(8-12-21)17(3)33)41-24-16-40-28(26(24)30(36)38-6-2)32-22-13-9-20(10-14-22)18(4)34;/h7-14H,5-6,15-16H2,1-4H3;. The Hall–Kier alpha value is -3.42. The van der Waals surface area contributed by atoms with Gasteiger partial charge in [-0.1, -0.05) is 0 Å². The summed E-state index contributed by atoms with van der Waals surface area (Å²) in [6.07, 6.45) is 0. The number of carbonyl (C=O) groups is 4. The molecule has 4 rings (SSSR count). The van der Waals surface area contributed by atoms with Gasteiger partial charge in [0.2, 0.25) is 11.8 Å². The summed E-state index contributed by atoms with van der Waals surface area (Å²) < 4.78 is 27.8. The monoisotopic (exact) mass is 599 g/mol. The number of benzene rings is 2. The first-order chi connectivity index (χ1) is 19.7. The number of ether oxygens (including phenoxy) is 5. The van der Waals surface area contributed by atoms with Gasteiger partial charge in [0.1, 0.15) is 13.2 Å². The second-order valence-corrected chi connectivity index (χ2v) is 8.76. The molecular formula is C30H28KN2O9. The van der Waals surface area contributed by atoms with Crippen molar-refractivity contribution in [1.29, 1.82) is 0 Å². The summed E-state index contributed by atoms with van der Waals surface area (Å²) in [6, 6.07) is 12.9. The Morgan fingerprint density at radius 1 is 0.667 bits per heavy atom. The zero-order chi connectivity index (χ0) is 29.5. The summed E-state index contributed by atoms with van der Waals surface area (Å²) in [5.74, 6) is -1.58. The van der Waals surface area contributed by atoms with Crippen molar-refractivity contribution in [3.63, 3.8) is 0 Å². The molecule has 0 saturated heterocycles. The Kier molecular flexibility index (Phi) is 11.9. The van der Waals surface area contributed by atoms with E-state index in [4.69, 9.17) is 23.7 Å². The third-order valence-electron chi connectivity index (χ3n) is 5.88. The second-order valence-electron chi connectivity index (χ2n) is 8.76. The molecule has 0 fully saturated rings. The zero-order valence-electron chi connectivity index (χ0n) is 24.0. The molecule has 213 valence electrons. The van der Waals surface area contributed by atoms with E-state index in [1.807, 2.05) is 0 Å². The number of ketones is 2. The van der Waals surface area contributed by atoms with Crippen molar-refractivity contribution in [2.24, 2.45) is 9.98 Å². The maximum Gasteiger partial charge on any atom is 0.347 e. The maximum atomic E-state index is 12.9. The number of esters is 2. The summed E-state index contributed by atoms with van der Waals surface area (Å²) in [6.45, 7) is 6.07. The van der Waals surface area contributed by atoms with Gasteiger partial charge in [-0.05, 0) is 76.2 Å². The first-order valence-corrected chi connectivity index (χ1v) is 12.9. The molecule has 0 aromatic heterocycles. The summed E-state index contributed by atoms with van der Waals surface area (Å²) >= 11 is 0. The zero-order valence-corrected chi connectivity index (χ0v) is 27.1. The molecule has 2 heterocycles. The van der Waals surface area contributed by atoms with Crippen LogP contribution in [0.15, 0.2) is 81.2 Å². The molecule has 0 aliphatic carbocycles. The van der Waals surface area contributed by atoms with Gasteiger partial charge in [0.15, 0.2) is 34.2 Å². The third kappa shape index (κ3) is 7.89. The SMILES string of the molecule is CCOC(=O)C1=C(OC2=C(C(=O)OCC)C(=Nc3ccc(C(C)=O)cc3)OC2)COC1=Nc1ccc(C(C)=O)cc1.[K]. The van der Waals surface area contributed by atoms with Crippen molar-refractivity contribution < 1.29 is 42.9 Å². The molecule has 2 aromatic rings. The van der Waals surface area contributed by atoms with Crippen LogP contribution in [0.3, 0.4) is 0 Å². The molecule has 2 aliphatic rings. The van der Waals surface area contributed by atoms with E-state index in [0.717, 1.165) is 0 Å². The molecule has 42 heavy (non-hydrogen) atoms. The first kappa shape index (κ1) is 33.1.